The summed E-state index contributed by atoms with van der Waals surface area (Å²) in [5.74, 6) is 0.0872. The summed E-state index contributed by atoms with van der Waals surface area (Å²) in [4.78, 5) is 31.9. The van der Waals surface area contributed by atoms with Crippen LogP contribution in [0, 0.1) is 0 Å². The zero-order valence-corrected chi connectivity index (χ0v) is 18.5. The van der Waals surface area contributed by atoms with Crippen LogP contribution in [0.3, 0.4) is 0 Å². The molecule has 1 unspecified atom stereocenters. The van der Waals surface area contributed by atoms with Gasteiger partial charge in [0.25, 0.3) is 5.91 Å². The smallest absolute Gasteiger partial charge is 0.257 e. The number of carbonyl (C=O) groups excluding carboxylic acids is 2. The minimum atomic E-state index is -0.271. The highest BCUT2D eigenvalue weighted by Crippen LogP contribution is 2.38. The number of carbonyl (C=O) groups is 2. The number of unbranched alkanes of at least 4 members (excludes halogenated alkanes) is 2. The monoisotopic (exact) mass is 440 g/mol. The fourth-order valence-electron chi connectivity index (χ4n) is 4.41. The van der Waals surface area contributed by atoms with E-state index in [1.807, 2.05) is 0 Å². The van der Waals surface area contributed by atoms with E-state index in [0.29, 0.717) is 40.2 Å². The Bertz CT molecular complexity index is 941. The average Bonchev–Trinajstić information content (AvgIpc) is 3.09. The second kappa shape index (κ2) is 10.2. The number of aromatic nitrogens is 1. The summed E-state index contributed by atoms with van der Waals surface area (Å²) in [6.07, 6.45) is 11.3. The van der Waals surface area contributed by atoms with Gasteiger partial charge >= 0.3 is 0 Å². The lowest BCUT2D eigenvalue weighted by Gasteiger charge is -2.23. The fraction of sp³-hybridized carbons (Fsp3) is 0.458. The Labute approximate surface area is 188 Å². The van der Waals surface area contributed by atoms with Crippen LogP contribution in [-0.2, 0) is 4.79 Å². The maximum absolute atomic E-state index is 13.3. The Morgan fingerprint density at radius 2 is 2.06 bits per heavy atom. The Morgan fingerprint density at radius 1 is 1.16 bits per heavy atom. The number of nitrogens with zero attached hydrogens (tertiary/aromatic N) is 2. The summed E-state index contributed by atoms with van der Waals surface area (Å²) >= 11 is 6.21. The molecule has 1 saturated heterocycles. The van der Waals surface area contributed by atoms with E-state index in [1.165, 1.54) is 32.1 Å². The first-order valence-corrected chi connectivity index (χ1v) is 11.6. The van der Waals surface area contributed by atoms with Crippen LogP contribution < -0.4 is 15.5 Å². The second-order valence-corrected chi connectivity index (χ2v) is 8.76. The molecule has 0 bridgehead atoms. The molecule has 4 rings (SSSR count). The molecular formula is C24H29ClN4O2. The molecule has 1 aromatic heterocycles. The number of fused-ring (bicyclic) bond motifs is 2. The van der Waals surface area contributed by atoms with Gasteiger partial charge in [-0.05, 0) is 62.6 Å². The highest BCUT2D eigenvalue weighted by molar-refractivity contribution is 6.31. The summed E-state index contributed by atoms with van der Waals surface area (Å²) in [6.45, 7) is 1.12. The van der Waals surface area contributed by atoms with E-state index in [4.69, 9.17) is 11.6 Å². The van der Waals surface area contributed by atoms with Gasteiger partial charge in [-0.2, -0.15) is 0 Å². The van der Waals surface area contributed by atoms with Crippen LogP contribution in [0.5, 0.6) is 0 Å². The minimum absolute atomic E-state index is 0.0763. The van der Waals surface area contributed by atoms with Gasteiger partial charge in [-0.1, -0.05) is 37.3 Å². The third-order valence-corrected chi connectivity index (χ3v) is 6.28. The first-order valence-electron chi connectivity index (χ1n) is 11.3. The first kappa shape index (κ1) is 21.8. The normalized spacial score (nSPS) is 18.4. The van der Waals surface area contributed by atoms with Crippen LogP contribution in [-0.4, -0.2) is 29.4 Å². The number of benzene rings is 1. The van der Waals surface area contributed by atoms with Crippen molar-refractivity contribution in [3.05, 3.63) is 47.1 Å². The van der Waals surface area contributed by atoms with Crippen LogP contribution >= 0.6 is 11.6 Å². The molecular weight excluding hydrogens is 412 g/mol. The second-order valence-electron chi connectivity index (χ2n) is 8.32. The van der Waals surface area contributed by atoms with Crippen molar-refractivity contribution in [3.8, 4) is 0 Å². The van der Waals surface area contributed by atoms with Crippen molar-refractivity contribution in [1.82, 2.24) is 10.3 Å². The third-order valence-electron chi connectivity index (χ3n) is 6.05. The van der Waals surface area contributed by atoms with Crippen molar-refractivity contribution >= 4 is 40.6 Å². The van der Waals surface area contributed by atoms with E-state index in [9.17, 15) is 9.59 Å². The average molecular weight is 441 g/mol. The van der Waals surface area contributed by atoms with Crippen molar-refractivity contribution < 1.29 is 9.59 Å². The number of rotatable bonds is 6. The number of nitrogens with one attached hydrogen (secondary N) is 2. The molecule has 164 valence electrons. The number of pyridine rings is 1. The van der Waals surface area contributed by atoms with Gasteiger partial charge in [0.15, 0.2) is 5.82 Å². The van der Waals surface area contributed by atoms with E-state index in [2.05, 4.69) is 15.6 Å². The number of hydrogen-bond acceptors (Lipinski definition) is 4. The lowest BCUT2D eigenvalue weighted by Crippen LogP contribution is -2.28. The molecule has 31 heavy (non-hydrogen) atoms. The molecule has 2 aliphatic rings. The molecule has 0 radical (unpaired) electrons. The summed E-state index contributed by atoms with van der Waals surface area (Å²) < 4.78 is 0. The van der Waals surface area contributed by atoms with Gasteiger partial charge in [0.05, 0.1) is 16.9 Å². The molecule has 2 N–H and O–H groups in total. The van der Waals surface area contributed by atoms with Crippen LogP contribution in [0.1, 0.15) is 68.1 Å². The van der Waals surface area contributed by atoms with E-state index < -0.39 is 0 Å². The van der Waals surface area contributed by atoms with Crippen molar-refractivity contribution in [2.75, 3.05) is 16.8 Å². The van der Waals surface area contributed by atoms with Crippen LogP contribution in [0.4, 0.5) is 17.2 Å². The Kier molecular flexibility index (Phi) is 7.20. The Morgan fingerprint density at radius 3 is 2.97 bits per heavy atom. The van der Waals surface area contributed by atoms with Gasteiger partial charge < -0.3 is 10.6 Å². The molecule has 6 nitrogen and oxygen atoms in total. The lowest BCUT2D eigenvalue weighted by molar-refractivity contribution is -0.118. The van der Waals surface area contributed by atoms with Gasteiger partial charge in [0, 0.05) is 23.7 Å². The van der Waals surface area contributed by atoms with Gasteiger partial charge in [0.1, 0.15) is 0 Å². The van der Waals surface area contributed by atoms with Crippen molar-refractivity contribution in [2.45, 2.75) is 63.8 Å². The largest absolute Gasteiger partial charge is 0.319 e. The zero-order chi connectivity index (χ0) is 21.6. The molecule has 0 aliphatic carbocycles. The molecule has 1 atom stereocenters. The molecule has 7 heteroatoms. The standard InChI is InChI=1S/C24H29ClN4O2/c25-17-12-13-19-21(16-17)29(23-20(28-24(19)31)10-7-15-27-23)22(30)11-5-1-3-8-18-9-4-2-6-14-26-18/h7,10,12-13,15-16,18,26H,1-6,8-9,11,14H2,(H,28,31). The van der Waals surface area contributed by atoms with E-state index in [0.717, 1.165) is 25.8 Å². The SMILES string of the molecule is O=C1Nc2cccnc2N(C(=O)CCCCCC2CCCCCN2)c2cc(Cl)ccc21. The molecule has 2 aliphatic heterocycles. The number of amides is 2. The molecule has 1 fully saturated rings. The summed E-state index contributed by atoms with van der Waals surface area (Å²) in [5, 5.41) is 6.96. The maximum atomic E-state index is 13.3. The first-order chi connectivity index (χ1) is 15.1. The Hall–Kier alpha value is -2.44. The minimum Gasteiger partial charge on any atom is -0.319 e. The Balaban J connectivity index is 1.44. The zero-order valence-electron chi connectivity index (χ0n) is 17.7. The number of hydrogen-bond donors (Lipinski definition) is 2. The van der Waals surface area contributed by atoms with Crippen molar-refractivity contribution in [3.63, 3.8) is 0 Å². The number of anilines is 3. The predicted octanol–water partition coefficient (Wildman–Crippen LogP) is 5.45. The summed E-state index contributed by atoms with van der Waals surface area (Å²) in [5.41, 5.74) is 1.41. The van der Waals surface area contributed by atoms with Crippen molar-refractivity contribution in [1.29, 1.82) is 0 Å². The molecule has 3 heterocycles. The molecule has 1 aromatic carbocycles. The lowest BCUT2D eigenvalue weighted by atomic mass is 10.0. The molecule has 0 saturated carbocycles. The van der Waals surface area contributed by atoms with E-state index in [-0.39, 0.29) is 11.8 Å². The highest BCUT2D eigenvalue weighted by atomic mass is 35.5. The fourth-order valence-corrected chi connectivity index (χ4v) is 4.58. The van der Waals surface area contributed by atoms with Gasteiger partial charge in [-0.25, -0.2) is 4.98 Å². The van der Waals surface area contributed by atoms with Crippen molar-refractivity contribution in [2.24, 2.45) is 0 Å². The van der Waals surface area contributed by atoms with Gasteiger partial charge in [-0.15, -0.1) is 0 Å². The van der Waals surface area contributed by atoms with E-state index >= 15 is 0 Å². The third kappa shape index (κ3) is 5.25. The predicted molar refractivity (Wildman–Crippen MR) is 124 cm³/mol. The molecule has 2 amide bonds. The topological polar surface area (TPSA) is 74.3 Å². The van der Waals surface area contributed by atoms with Crippen LogP contribution in [0.25, 0.3) is 0 Å². The summed E-state index contributed by atoms with van der Waals surface area (Å²) in [7, 11) is 0. The number of halogens is 1. The molecule has 2 aromatic rings. The summed E-state index contributed by atoms with van der Waals surface area (Å²) in [6, 6.07) is 9.09. The quantitative estimate of drug-likeness (QED) is 0.586. The highest BCUT2D eigenvalue weighted by Gasteiger charge is 2.30. The van der Waals surface area contributed by atoms with Crippen LogP contribution in [0.2, 0.25) is 5.02 Å². The maximum Gasteiger partial charge on any atom is 0.257 e. The molecule has 0 spiro atoms. The van der Waals surface area contributed by atoms with Crippen LogP contribution in [0.15, 0.2) is 36.5 Å². The van der Waals surface area contributed by atoms with Gasteiger partial charge in [0.2, 0.25) is 5.91 Å². The van der Waals surface area contributed by atoms with E-state index in [1.54, 1.807) is 41.4 Å². The van der Waals surface area contributed by atoms with Gasteiger partial charge in [-0.3, -0.25) is 14.5 Å².